The number of carbonyl (C=O) groups excluding carboxylic acids is 1. The Morgan fingerprint density at radius 2 is 2.29 bits per heavy atom. The van der Waals surface area contributed by atoms with Gasteiger partial charge in [0.15, 0.2) is 6.29 Å². The number of hydrogen-bond donors (Lipinski definition) is 1. The molecule has 17 heavy (non-hydrogen) atoms. The van der Waals surface area contributed by atoms with Crippen LogP contribution in [0.5, 0.6) is 0 Å². The van der Waals surface area contributed by atoms with Crippen LogP contribution < -0.4 is 0 Å². The Hall–Kier alpha value is -2.54. The Bertz CT molecular complexity index is 646. The maximum absolute atomic E-state index is 10.9. The monoisotopic (exact) mass is 227 g/mol. The topological polar surface area (TPSA) is 59.3 Å². The second-order valence-corrected chi connectivity index (χ2v) is 3.57. The Morgan fingerprint density at radius 3 is 2.88 bits per heavy atom. The number of hydrogen-bond acceptors (Lipinski definition) is 2. The number of terminal acetylenes is 1. The lowest BCUT2D eigenvalue weighted by atomic mass is 10.1. The van der Waals surface area contributed by atoms with Crippen molar-refractivity contribution in [3.63, 3.8) is 0 Å². The molecule has 2 rings (SSSR count). The normalized spacial score (nSPS) is 10.1. The number of nitrogens with zero attached hydrogens (tertiary/aromatic N) is 1. The van der Waals surface area contributed by atoms with Crippen LogP contribution in [0, 0.1) is 12.3 Å². The maximum atomic E-state index is 10.9. The molecule has 0 fully saturated rings. The van der Waals surface area contributed by atoms with E-state index in [2.05, 4.69) is 5.92 Å². The van der Waals surface area contributed by atoms with Crippen molar-refractivity contribution in [2.45, 2.75) is 6.54 Å². The van der Waals surface area contributed by atoms with Gasteiger partial charge in [-0.1, -0.05) is 5.92 Å². The van der Waals surface area contributed by atoms with Crippen molar-refractivity contribution in [3.8, 4) is 12.3 Å². The third-order valence-corrected chi connectivity index (χ3v) is 2.55. The molecule has 0 aliphatic rings. The second kappa shape index (κ2) is 4.14. The number of fused-ring (bicyclic) bond motifs is 1. The van der Waals surface area contributed by atoms with Crippen molar-refractivity contribution in [1.29, 1.82) is 0 Å². The molecule has 0 radical (unpaired) electrons. The van der Waals surface area contributed by atoms with Crippen LogP contribution in [-0.4, -0.2) is 21.9 Å². The van der Waals surface area contributed by atoms with Gasteiger partial charge in [-0.25, -0.2) is 4.79 Å². The van der Waals surface area contributed by atoms with Crippen molar-refractivity contribution < 1.29 is 14.7 Å². The first-order valence-corrected chi connectivity index (χ1v) is 4.92. The van der Waals surface area contributed by atoms with Crippen molar-refractivity contribution in [1.82, 2.24) is 4.57 Å². The number of carbonyl (C=O) groups is 2. The number of aldehydes is 1. The van der Waals surface area contributed by atoms with Crippen LogP contribution in [-0.2, 0) is 6.54 Å². The van der Waals surface area contributed by atoms with Crippen LogP contribution in [0.2, 0.25) is 0 Å². The Morgan fingerprint density at radius 1 is 1.53 bits per heavy atom. The lowest BCUT2D eigenvalue weighted by molar-refractivity contribution is 0.0697. The van der Waals surface area contributed by atoms with E-state index < -0.39 is 5.97 Å². The minimum atomic E-state index is -1.02. The molecule has 4 heteroatoms. The standard InChI is InChI=1S/C13H9NO3/c1-2-5-14-7-10(8-15)11-6-9(13(16)17)3-4-12(11)14/h1,3-4,6-8H,5H2,(H,16,17). The summed E-state index contributed by atoms with van der Waals surface area (Å²) in [5, 5.41) is 9.50. The van der Waals surface area contributed by atoms with Gasteiger partial charge < -0.3 is 9.67 Å². The molecular formula is C13H9NO3. The second-order valence-electron chi connectivity index (χ2n) is 3.57. The lowest BCUT2D eigenvalue weighted by Crippen LogP contribution is -1.96. The first kappa shape index (κ1) is 11.0. The van der Waals surface area contributed by atoms with Gasteiger partial charge in [-0.2, -0.15) is 0 Å². The van der Waals surface area contributed by atoms with E-state index in [1.54, 1.807) is 16.8 Å². The van der Waals surface area contributed by atoms with E-state index in [0.717, 1.165) is 5.52 Å². The summed E-state index contributed by atoms with van der Waals surface area (Å²) in [5.74, 6) is 1.46. The van der Waals surface area contributed by atoms with Gasteiger partial charge in [-0.3, -0.25) is 4.79 Å². The van der Waals surface area contributed by atoms with Crippen molar-refractivity contribution in [3.05, 3.63) is 35.5 Å². The zero-order chi connectivity index (χ0) is 12.4. The first-order valence-electron chi connectivity index (χ1n) is 4.92. The molecular weight excluding hydrogens is 218 g/mol. The van der Waals surface area contributed by atoms with Crippen LogP contribution in [0.4, 0.5) is 0 Å². The molecule has 1 aromatic heterocycles. The number of aromatic nitrogens is 1. The average molecular weight is 227 g/mol. The first-order chi connectivity index (χ1) is 8.17. The number of aromatic carboxylic acids is 1. The third kappa shape index (κ3) is 1.79. The summed E-state index contributed by atoms with van der Waals surface area (Å²) in [6, 6.07) is 4.63. The highest BCUT2D eigenvalue weighted by Crippen LogP contribution is 2.21. The van der Waals surface area contributed by atoms with Gasteiger partial charge in [0.1, 0.15) is 0 Å². The fraction of sp³-hybridized carbons (Fsp3) is 0.0769. The molecule has 0 bridgehead atoms. The molecule has 0 atom stereocenters. The van der Waals surface area contributed by atoms with Crippen molar-refractivity contribution in [2.24, 2.45) is 0 Å². The van der Waals surface area contributed by atoms with Gasteiger partial charge in [-0.05, 0) is 18.2 Å². The molecule has 0 saturated heterocycles. The smallest absolute Gasteiger partial charge is 0.335 e. The zero-order valence-corrected chi connectivity index (χ0v) is 8.88. The molecule has 4 nitrogen and oxygen atoms in total. The molecule has 2 aromatic rings. The van der Waals surface area contributed by atoms with E-state index in [0.29, 0.717) is 23.8 Å². The summed E-state index contributed by atoms with van der Waals surface area (Å²) in [5.41, 5.74) is 1.35. The highest BCUT2D eigenvalue weighted by Gasteiger charge is 2.10. The molecule has 0 aliphatic heterocycles. The summed E-state index contributed by atoms with van der Waals surface area (Å²) >= 11 is 0. The predicted molar refractivity (Wildman–Crippen MR) is 63.1 cm³/mol. The van der Waals surface area contributed by atoms with Gasteiger partial charge in [-0.15, -0.1) is 6.42 Å². The summed E-state index contributed by atoms with van der Waals surface area (Å²) in [6.07, 6.45) is 7.55. The van der Waals surface area contributed by atoms with Gasteiger partial charge in [0.05, 0.1) is 12.1 Å². The van der Waals surface area contributed by atoms with Crippen molar-refractivity contribution in [2.75, 3.05) is 0 Å². The molecule has 0 spiro atoms. The van der Waals surface area contributed by atoms with Crippen LogP contribution in [0.3, 0.4) is 0 Å². The molecule has 0 aliphatic carbocycles. The zero-order valence-electron chi connectivity index (χ0n) is 8.88. The number of benzene rings is 1. The van der Waals surface area contributed by atoms with Gasteiger partial charge in [0, 0.05) is 22.7 Å². The number of carboxylic acid groups (broad SMARTS) is 1. The molecule has 1 N–H and O–H groups in total. The van der Waals surface area contributed by atoms with E-state index in [9.17, 15) is 9.59 Å². The number of carboxylic acids is 1. The minimum absolute atomic E-state index is 0.152. The summed E-state index contributed by atoms with van der Waals surface area (Å²) < 4.78 is 1.74. The lowest BCUT2D eigenvalue weighted by Gasteiger charge is -2.00. The molecule has 84 valence electrons. The van der Waals surface area contributed by atoms with E-state index in [-0.39, 0.29) is 5.56 Å². The van der Waals surface area contributed by atoms with E-state index in [1.165, 1.54) is 12.1 Å². The molecule has 0 amide bonds. The maximum Gasteiger partial charge on any atom is 0.335 e. The molecule has 1 heterocycles. The van der Waals surface area contributed by atoms with Gasteiger partial charge in [0.2, 0.25) is 0 Å². The third-order valence-electron chi connectivity index (χ3n) is 2.55. The van der Waals surface area contributed by atoms with Crippen LogP contribution >= 0.6 is 0 Å². The molecule has 1 aromatic carbocycles. The van der Waals surface area contributed by atoms with Crippen LogP contribution in [0.1, 0.15) is 20.7 Å². The Labute approximate surface area is 97.5 Å². The molecule has 0 unspecified atom stereocenters. The SMILES string of the molecule is C#CCn1cc(C=O)c2cc(C(=O)O)ccc21. The summed E-state index contributed by atoms with van der Waals surface area (Å²) in [4.78, 5) is 21.8. The number of rotatable bonds is 3. The summed E-state index contributed by atoms with van der Waals surface area (Å²) in [6.45, 7) is 0.344. The van der Waals surface area contributed by atoms with E-state index >= 15 is 0 Å². The van der Waals surface area contributed by atoms with Gasteiger partial charge in [0.25, 0.3) is 0 Å². The highest BCUT2D eigenvalue weighted by atomic mass is 16.4. The van der Waals surface area contributed by atoms with Crippen LogP contribution in [0.25, 0.3) is 10.9 Å². The van der Waals surface area contributed by atoms with E-state index in [1.807, 2.05) is 0 Å². The summed E-state index contributed by atoms with van der Waals surface area (Å²) in [7, 11) is 0. The Balaban J connectivity index is 2.72. The van der Waals surface area contributed by atoms with Crippen molar-refractivity contribution >= 4 is 23.2 Å². The average Bonchev–Trinajstić information content (AvgIpc) is 2.67. The predicted octanol–water partition coefficient (Wildman–Crippen LogP) is 1.79. The fourth-order valence-electron chi connectivity index (χ4n) is 1.78. The quantitative estimate of drug-likeness (QED) is 0.642. The highest BCUT2D eigenvalue weighted by molar-refractivity contribution is 6.01. The van der Waals surface area contributed by atoms with Gasteiger partial charge >= 0.3 is 5.97 Å². The minimum Gasteiger partial charge on any atom is -0.478 e. The fourth-order valence-corrected chi connectivity index (χ4v) is 1.78. The molecule has 0 saturated carbocycles. The van der Waals surface area contributed by atoms with E-state index in [4.69, 9.17) is 11.5 Å². The Kier molecular flexibility index (Phi) is 2.67. The largest absolute Gasteiger partial charge is 0.478 e. The van der Waals surface area contributed by atoms with Crippen LogP contribution in [0.15, 0.2) is 24.4 Å².